The number of pyridine rings is 1. The number of carbonyl (C=O) groups excluding carboxylic acids is 1. The number of anilines is 2. The van der Waals surface area contributed by atoms with Crippen LogP contribution in [0, 0.1) is 5.92 Å². The first-order chi connectivity index (χ1) is 16.6. The summed E-state index contributed by atoms with van der Waals surface area (Å²) < 4.78 is 10.6. The Hall–Kier alpha value is -4.19. The van der Waals surface area contributed by atoms with Crippen LogP contribution in [0.5, 0.6) is 0 Å². The summed E-state index contributed by atoms with van der Waals surface area (Å²) in [5.41, 5.74) is 1.95. The number of hydrogen-bond donors (Lipinski definition) is 1. The Bertz CT molecular complexity index is 1380. The van der Waals surface area contributed by atoms with E-state index in [1.807, 2.05) is 31.3 Å². The molecule has 1 aliphatic heterocycles. The van der Waals surface area contributed by atoms with E-state index in [9.17, 15) is 4.79 Å². The van der Waals surface area contributed by atoms with Crippen LogP contribution in [0.1, 0.15) is 12.2 Å². The number of hydrogen-bond acceptors (Lipinski definition) is 10. The Labute approximate surface area is 194 Å². The number of amides is 1. The molecular formula is C22H21N9O3. The maximum absolute atomic E-state index is 12.6. The number of rotatable bonds is 7. The van der Waals surface area contributed by atoms with Gasteiger partial charge in [0.05, 0.1) is 23.3 Å². The summed E-state index contributed by atoms with van der Waals surface area (Å²) in [6.07, 6.45) is 4.02. The lowest BCUT2D eigenvalue weighted by molar-refractivity contribution is -0.130. The number of methoxy groups -OCH3 is 1. The molecule has 5 heterocycles. The third-order valence-electron chi connectivity index (χ3n) is 6.23. The molecule has 0 aromatic carbocycles. The van der Waals surface area contributed by atoms with E-state index in [0.717, 1.165) is 13.0 Å². The van der Waals surface area contributed by atoms with E-state index >= 15 is 0 Å². The van der Waals surface area contributed by atoms with Gasteiger partial charge in [0, 0.05) is 33.0 Å². The van der Waals surface area contributed by atoms with Crippen molar-refractivity contribution in [3.05, 3.63) is 48.5 Å². The van der Waals surface area contributed by atoms with Gasteiger partial charge < -0.3 is 19.5 Å². The quantitative estimate of drug-likeness (QED) is 0.436. The van der Waals surface area contributed by atoms with Crippen molar-refractivity contribution in [2.75, 3.05) is 26.0 Å². The Balaban J connectivity index is 1.24. The smallest absolute Gasteiger partial charge is 0.236 e. The predicted octanol–water partition coefficient (Wildman–Crippen LogP) is 1.86. The molecule has 1 aliphatic carbocycles. The molecule has 1 saturated carbocycles. The maximum atomic E-state index is 12.6. The Morgan fingerprint density at radius 2 is 2.03 bits per heavy atom. The summed E-state index contributed by atoms with van der Waals surface area (Å²) in [6.45, 7) is 1.01. The Morgan fingerprint density at radius 3 is 2.82 bits per heavy atom. The zero-order valence-corrected chi connectivity index (χ0v) is 18.5. The zero-order valence-electron chi connectivity index (χ0n) is 18.5. The van der Waals surface area contributed by atoms with Crippen molar-refractivity contribution in [1.82, 2.24) is 40.0 Å². The average Bonchev–Trinajstić information content (AvgIpc) is 3.16. The van der Waals surface area contributed by atoms with Gasteiger partial charge >= 0.3 is 0 Å². The number of likely N-dealkylation sites (N-methyl/N-ethyl adjacent to an activating group) is 1. The van der Waals surface area contributed by atoms with Gasteiger partial charge in [-0.3, -0.25) is 4.79 Å². The van der Waals surface area contributed by atoms with Crippen molar-refractivity contribution in [3.63, 3.8) is 0 Å². The van der Waals surface area contributed by atoms with Crippen LogP contribution in [-0.4, -0.2) is 66.6 Å². The second kappa shape index (κ2) is 7.70. The molecule has 12 heteroatoms. The Morgan fingerprint density at radius 1 is 1.21 bits per heavy atom. The first-order valence-electron chi connectivity index (χ1n) is 10.8. The molecule has 2 aliphatic rings. The van der Waals surface area contributed by atoms with E-state index in [4.69, 9.17) is 14.2 Å². The third-order valence-corrected chi connectivity index (χ3v) is 6.23. The van der Waals surface area contributed by atoms with Crippen molar-refractivity contribution >= 4 is 17.7 Å². The van der Waals surface area contributed by atoms with Crippen LogP contribution in [0.2, 0.25) is 0 Å². The SMILES string of the molecule is COCn1ncc(Nc2nccc(-c3cccc(-c4cc([C@]56CC5CN(C)C6=O)on4)n3)n2)n1. The first kappa shape index (κ1) is 20.4. The van der Waals surface area contributed by atoms with Crippen molar-refractivity contribution < 1.29 is 14.1 Å². The highest BCUT2D eigenvalue weighted by molar-refractivity contribution is 5.94. The average molecular weight is 459 g/mol. The van der Waals surface area contributed by atoms with Crippen LogP contribution >= 0.6 is 0 Å². The fourth-order valence-electron chi connectivity index (χ4n) is 4.51. The lowest BCUT2D eigenvalue weighted by Gasteiger charge is -2.13. The summed E-state index contributed by atoms with van der Waals surface area (Å²) in [4.78, 5) is 29.3. The molecule has 1 saturated heterocycles. The number of carbonyl (C=O) groups is 1. The highest BCUT2D eigenvalue weighted by atomic mass is 16.5. The topological polar surface area (TPSA) is 137 Å². The molecular weight excluding hydrogens is 438 g/mol. The molecule has 0 radical (unpaired) electrons. The fraction of sp³-hybridized carbons (Fsp3) is 0.318. The van der Waals surface area contributed by atoms with Gasteiger partial charge in [-0.2, -0.15) is 9.90 Å². The third kappa shape index (κ3) is 3.30. The van der Waals surface area contributed by atoms with Gasteiger partial charge in [0.2, 0.25) is 11.9 Å². The minimum absolute atomic E-state index is 0.102. The standard InChI is InChI=1S/C22H21N9O3/c1-30-11-13-9-22(13,20(30)32)18-8-17(29-34-18)15-5-3-4-14(25-15)16-6-7-23-21(26-16)27-19-10-24-31(28-19)12-33-2/h3-8,10,13H,9,11-12H2,1-2H3,(H,23,26,27,28)/t13?,22-/m0/s1. The minimum atomic E-state index is -0.546. The fourth-order valence-corrected chi connectivity index (χ4v) is 4.51. The molecule has 1 unspecified atom stereocenters. The molecule has 4 aromatic heterocycles. The summed E-state index contributed by atoms with van der Waals surface area (Å²) in [7, 11) is 3.39. The molecule has 12 nitrogen and oxygen atoms in total. The molecule has 34 heavy (non-hydrogen) atoms. The molecule has 0 bridgehead atoms. The molecule has 172 valence electrons. The molecule has 1 amide bonds. The zero-order chi connectivity index (χ0) is 23.3. The van der Waals surface area contributed by atoms with E-state index in [1.54, 1.807) is 30.5 Å². The number of nitrogens with one attached hydrogen (secondary N) is 1. The number of aromatic nitrogens is 7. The monoisotopic (exact) mass is 459 g/mol. The van der Waals surface area contributed by atoms with Crippen LogP contribution in [0.15, 0.2) is 47.2 Å². The van der Waals surface area contributed by atoms with E-state index in [1.165, 1.54) is 4.80 Å². The van der Waals surface area contributed by atoms with Gasteiger partial charge in [-0.1, -0.05) is 11.2 Å². The number of ether oxygens (including phenoxy) is 1. The van der Waals surface area contributed by atoms with Crippen LogP contribution in [0.3, 0.4) is 0 Å². The summed E-state index contributed by atoms with van der Waals surface area (Å²) in [6, 6.07) is 9.19. The van der Waals surface area contributed by atoms with Crippen LogP contribution in [0.25, 0.3) is 22.8 Å². The Kier molecular flexibility index (Phi) is 4.62. The highest BCUT2D eigenvalue weighted by Gasteiger charge is 2.69. The van der Waals surface area contributed by atoms with Crippen LogP contribution in [0.4, 0.5) is 11.8 Å². The van der Waals surface area contributed by atoms with Crippen molar-refractivity contribution in [2.24, 2.45) is 5.92 Å². The van der Waals surface area contributed by atoms with E-state index in [0.29, 0.717) is 46.2 Å². The van der Waals surface area contributed by atoms with E-state index in [-0.39, 0.29) is 12.6 Å². The molecule has 0 spiro atoms. The summed E-state index contributed by atoms with van der Waals surface area (Å²) in [5, 5.41) is 15.6. The normalized spacial score (nSPS) is 21.1. The number of likely N-dealkylation sites (tertiary alicyclic amines) is 1. The minimum Gasteiger partial charge on any atom is -0.361 e. The van der Waals surface area contributed by atoms with Gasteiger partial charge in [-0.05, 0) is 30.5 Å². The van der Waals surface area contributed by atoms with Gasteiger partial charge in [-0.25, -0.2) is 15.0 Å². The largest absolute Gasteiger partial charge is 0.361 e. The van der Waals surface area contributed by atoms with E-state index in [2.05, 4.69) is 30.6 Å². The van der Waals surface area contributed by atoms with Gasteiger partial charge in [0.1, 0.15) is 11.1 Å². The van der Waals surface area contributed by atoms with E-state index < -0.39 is 5.41 Å². The second-order valence-electron chi connectivity index (χ2n) is 8.45. The summed E-state index contributed by atoms with van der Waals surface area (Å²) >= 11 is 0. The second-order valence-corrected chi connectivity index (χ2v) is 8.45. The van der Waals surface area contributed by atoms with Gasteiger partial charge in [0.15, 0.2) is 18.3 Å². The molecule has 4 aromatic rings. The lowest BCUT2D eigenvalue weighted by atomic mass is 10.0. The van der Waals surface area contributed by atoms with Crippen molar-refractivity contribution in [2.45, 2.75) is 18.6 Å². The predicted molar refractivity (Wildman–Crippen MR) is 118 cm³/mol. The van der Waals surface area contributed by atoms with Crippen molar-refractivity contribution in [1.29, 1.82) is 0 Å². The van der Waals surface area contributed by atoms with Crippen LogP contribution < -0.4 is 5.32 Å². The summed E-state index contributed by atoms with van der Waals surface area (Å²) in [5.74, 6) is 1.87. The highest BCUT2D eigenvalue weighted by Crippen LogP contribution is 2.59. The first-order valence-corrected chi connectivity index (χ1v) is 10.8. The molecule has 1 N–H and O–H groups in total. The molecule has 6 rings (SSSR count). The molecule has 2 atom stereocenters. The number of fused-ring (bicyclic) bond motifs is 1. The number of piperidine rings is 1. The van der Waals surface area contributed by atoms with Gasteiger partial charge in [-0.15, -0.1) is 5.10 Å². The van der Waals surface area contributed by atoms with Crippen LogP contribution in [-0.2, 0) is 21.7 Å². The maximum Gasteiger partial charge on any atom is 0.236 e. The molecule has 2 fully saturated rings. The van der Waals surface area contributed by atoms with Crippen molar-refractivity contribution in [3.8, 4) is 22.8 Å². The van der Waals surface area contributed by atoms with Gasteiger partial charge in [0.25, 0.3) is 0 Å². The lowest BCUT2D eigenvalue weighted by Crippen LogP contribution is -2.29. The number of nitrogens with zero attached hydrogens (tertiary/aromatic N) is 8.